The molecule has 2 rings (SSSR count). The number of hydrogen-bond acceptors (Lipinski definition) is 1. The molecule has 0 heterocycles. The van der Waals surface area contributed by atoms with E-state index in [4.69, 9.17) is 0 Å². The largest absolute Gasteiger partial charge is 0.311 e. The lowest BCUT2D eigenvalue weighted by molar-refractivity contribution is 0.215. The summed E-state index contributed by atoms with van der Waals surface area (Å²) in [6.45, 7) is 9.35. The number of hydrogen-bond donors (Lipinski definition) is 1. The second kappa shape index (κ2) is 6.56. The predicted octanol–water partition coefficient (Wildman–Crippen LogP) is 4.34. The van der Waals surface area contributed by atoms with Gasteiger partial charge < -0.3 is 5.32 Å². The first-order valence-electron chi connectivity index (χ1n) is 7.86. The van der Waals surface area contributed by atoms with Gasteiger partial charge in [0.1, 0.15) is 0 Å². The van der Waals surface area contributed by atoms with E-state index in [1.54, 1.807) is 0 Å². The van der Waals surface area contributed by atoms with Crippen LogP contribution in [0.2, 0.25) is 0 Å². The van der Waals surface area contributed by atoms with Crippen molar-refractivity contribution >= 4 is 0 Å². The molecule has 4 atom stereocenters. The summed E-state index contributed by atoms with van der Waals surface area (Å²) in [6.07, 6.45) is 5.28. The lowest BCUT2D eigenvalue weighted by atomic mass is 9.79. The van der Waals surface area contributed by atoms with Gasteiger partial charge in [-0.15, -0.1) is 0 Å². The summed E-state index contributed by atoms with van der Waals surface area (Å²) < 4.78 is 0. The van der Waals surface area contributed by atoms with Gasteiger partial charge in [0.25, 0.3) is 0 Å². The minimum Gasteiger partial charge on any atom is -0.311 e. The maximum absolute atomic E-state index is 3.87. The normalized spacial score (nSPS) is 29.2. The van der Waals surface area contributed by atoms with Crippen LogP contribution in [0.5, 0.6) is 0 Å². The molecule has 1 aliphatic carbocycles. The lowest BCUT2D eigenvalue weighted by Gasteiger charge is -2.35. The molecule has 0 spiro atoms. The molecule has 0 saturated heterocycles. The topological polar surface area (TPSA) is 12.0 Å². The molecule has 1 aromatic carbocycles. The number of aryl methyl sites for hydroxylation is 1. The standard InChI is InChI=1S/C18H29N/c1-13-9-10-15(3)18(11-13)19-16(4)12-17-8-6-5-7-14(17)2/h5-8,13,15-16,18-19H,9-12H2,1-4H3. The van der Waals surface area contributed by atoms with E-state index >= 15 is 0 Å². The minimum atomic E-state index is 0.568. The molecule has 0 aliphatic heterocycles. The molecule has 1 nitrogen and oxygen atoms in total. The fourth-order valence-corrected chi connectivity index (χ4v) is 3.36. The maximum atomic E-state index is 3.87. The molecule has 4 unspecified atom stereocenters. The van der Waals surface area contributed by atoms with Crippen LogP contribution >= 0.6 is 0 Å². The Morgan fingerprint density at radius 1 is 1.21 bits per heavy atom. The van der Waals surface area contributed by atoms with E-state index in [0.29, 0.717) is 12.1 Å². The quantitative estimate of drug-likeness (QED) is 0.848. The van der Waals surface area contributed by atoms with Crippen molar-refractivity contribution in [2.45, 2.75) is 65.5 Å². The Kier molecular flexibility index (Phi) is 5.04. The highest BCUT2D eigenvalue weighted by Gasteiger charge is 2.26. The summed E-state index contributed by atoms with van der Waals surface area (Å²) in [5.74, 6) is 1.72. The van der Waals surface area contributed by atoms with Gasteiger partial charge in [-0.05, 0) is 56.1 Å². The van der Waals surface area contributed by atoms with Crippen molar-refractivity contribution in [2.75, 3.05) is 0 Å². The van der Waals surface area contributed by atoms with Gasteiger partial charge in [0.2, 0.25) is 0 Å². The van der Waals surface area contributed by atoms with Crippen LogP contribution in [0.1, 0.15) is 51.2 Å². The second-order valence-electron chi connectivity index (χ2n) is 6.70. The summed E-state index contributed by atoms with van der Waals surface area (Å²) in [4.78, 5) is 0. The summed E-state index contributed by atoms with van der Waals surface area (Å²) in [6, 6.07) is 10.0. The Labute approximate surface area is 118 Å². The third-order valence-electron chi connectivity index (χ3n) is 4.74. The number of nitrogens with one attached hydrogen (secondary N) is 1. The molecular weight excluding hydrogens is 230 g/mol. The lowest BCUT2D eigenvalue weighted by Crippen LogP contribution is -2.44. The second-order valence-corrected chi connectivity index (χ2v) is 6.70. The van der Waals surface area contributed by atoms with E-state index in [-0.39, 0.29) is 0 Å². The Balaban J connectivity index is 1.90. The smallest absolute Gasteiger partial charge is 0.00978 e. The average molecular weight is 259 g/mol. The monoisotopic (exact) mass is 259 g/mol. The molecule has 1 saturated carbocycles. The Morgan fingerprint density at radius 2 is 1.95 bits per heavy atom. The van der Waals surface area contributed by atoms with E-state index in [0.717, 1.165) is 18.3 Å². The summed E-state index contributed by atoms with van der Waals surface area (Å²) in [7, 11) is 0. The fourth-order valence-electron chi connectivity index (χ4n) is 3.36. The first-order chi connectivity index (χ1) is 9.06. The number of rotatable bonds is 4. The molecule has 1 aliphatic rings. The van der Waals surface area contributed by atoms with Crippen LogP contribution in [0.3, 0.4) is 0 Å². The van der Waals surface area contributed by atoms with Gasteiger partial charge in [-0.25, -0.2) is 0 Å². The molecule has 0 amide bonds. The zero-order valence-electron chi connectivity index (χ0n) is 12.9. The molecule has 1 N–H and O–H groups in total. The molecule has 0 aromatic heterocycles. The van der Waals surface area contributed by atoms with Crippen molar-refractivity contribution < 1.29 is 0 Å². The zero-order chi connectivity index (χ0) is 13.8. The zero-order valence-corrected chi connectivity index (χ0v) is 12.9. The van der Waals surface area contributed by atoms with Gasteiger partial charge in [-0.1, -0.05) is 44.5 Å². The van der Waals surface area contributed by atoms with Crippen LogP contribution in [0, 0.1) is 18.8 Å². The Hall–Kier alpha value is -0.820. The van der Waals surface area contributed by atoms with Gasteiger partial charge in [0, 0.05) is 12.1 Å². The van der Waals surface area contributed by atoms with Crippen molar-refractivity contribution in [1.29, 1.82) is 0 Å². The molecule has 19 heavy (non-hydrogen) atoms. The predicted molar refractivity (Wildman–Crippen MR) is 83.4 cm³/mol. The van der Waals surface area contributed by atoms with Gasteiger partial charge >= 0.3 is 0 Å². The minimum absolute atomic E-state index is 0.568. The summed E-state index contributed by atoms with van der Waals surface area (Å²) in [5, 5.41) is 3.87. The highest BCUT2D eigenvalue weighted by atomic mass is 15.0. The van der Waals surface area contributed by atoms with E-state index in [2.05, 4.69) is 57.3 Å². The molecule has 1 heteroatoms. The van der Waals surface area contributed by atoms with Crippen molar-refractivity contribution in [3.8, 4) is 0 Å². The van der Waals surface area contributed by atoms with E-state index in [1.165, 1.54) is 30.4 Å². The Morgan fingerprint density at radius 3 is 2.68 bits per heavy atom. The third kappa shape index (κ3) is 4.07. The van der Waals surface area contributed by atoms with Crippen LogP contribution in [0.4, 0.5) is 0 Å². The third-order valence-corrected chi connectivity index (χ3v) is 4.74. The molecular formula is C18H29N. The summed E-state index contributed by atoms with van der Waals surface area (Å²) >= 11 is 0. The van der Waals surface area contributed by atoms with Crippen LogP contribution in [-0.4, -0.2) is 12.1 Å². The number of benzene rings is 1. The molecule has 0 bridgehead atoms. The van der Waals surface area contributed by atoms with Crippen molar-refractivity contribution in [3.05, 3.63) is 35.4 Å². The molecule has 1 fully saturated rings. The van der Waals surface area contributed by atoms with Gasteiger partial charge in [-0.3, -0.25) is 0 Å². The first-order valence-corrected chi connectivity index (χ1v) is 7.86. The summed E-state index contributed by atoms with van der Waals surface area (Å²) in [5.41, 5.74) is 2.90. The fraction of sp³-hybridized carbons (Fsp3) is 0.667. The van der Waals surface area contributed by atoms with E-state index in [1.807, 2.05) is 0 Å². The highest BCUT2D eigenvalue weighted by Crippen LogP contribution is 2.28. The molecule has 0 radical (unpaired) electrons. The van der Waals surface area contributed by atoms with Crippen LogP contribution in [0.15, 0.2) is 24.3 Å². The van der Waals surface area contributed by atoms with Crippen LogP contribution in [-0.2, 0) is 6.42 Å². The van der Waals surface area contributed by atoms with Crippen molar-refractivity contribution in [1.82, 2.24) is 5.32 Å². The molecule has 1 aromatic rings. The van der Waals surface area contributed by atoms with Crippen LogP contribution < -0.4 is 5.32 Å². The maximum Gasteiger partial charge on any atom is 0.00978 e. The van der Waals surface area contributed by atoms with E-state index in [9.17, 15) is 0 Å². The van der Waals surface area contributed by atoms with E-state index < -0.39 is 0 Å². The van der Waals surface area contributed by atoms with Gasteiger partial charge in [0.15, 0.2) is 0 Å². The molecule has 106 valence electrons. The highest BCUT2D eigenvalue weighted by molar-refractivity contribution is 5.26. The van der Waals surface area contributed by atoms with Gasteiger partial charge in [0.05, 0.1) is 0 Å². The average Bonchev–Trinajstić information content (AvgIpc) is 2.37. The van der Waals surface area contributed by atoms with Crippen molar-refractivity contribution in [3.63, 3.8) is 0 Å². The van der Waals surface area contributed by atoms with Gasteiger partial charge in [-0.2, -0.15) is 0 Å². The van der Waals surface area contributed by atoms with Crippen LogP contribution in [0.25, 0.3) is 0 Å². The SMILES string of the molecule is Cc1ccccc1CC(C)NC1CC(C)CCC1C. The van der Waals surface area contributed by atoms with Crippen molar-refractivity contribution in [2.24, 2.45) is 11.8 Å². The Bertz CT molecular complexity index is 398. The first kappa shape index (κ1) is 14.6.